The maximum absolute atomic E-state index is 12.6. The Hall–Kier alpha value is -1.44. The van der Waals surface area contributed by atoms with Crippen LogP contribution in [0.1, 0.15) is 39.5 Å². The number of piperidine rings is 1. The molecule has 2 aliphatic heterocycles. The molecule has 0 saturated carbocycles. The fourth-order valence-electron chi connectivity index (χ4n) is 3.64. The number of carbonyl (C=O) groups excluding carboxylic acids is 1. The summed E-state index contributed by atoms with van der Waals surface area (Å²) in [6, 6.07) is 6.77. The molecule has 0 spiro atoms. The van der Waals surface area contributed by atoms with Gasteiger partial charge in [0.05, 0.1) is 4.90 Å². The number of sulfonamides is 1. The molecule has 26 heavy (non-hydrogen) atoms. The lowest BCUT2D eigenvalue weighted by Crippen LogP contribution is -2.45. The molecule has 2 heterocycles. The molecule has 3 rings (SSSR count). The van der Waals surface area contributed by atoms with Gasteiger partial charge in [-0.1, -0.05) is 6.92 Å². The molecule has 0 radical (unpaired) electrons. The van der Waals surface area contributed by atoms with E-state index in [4.69, 9.17) is 0 Å². The zero-order chi connectivity index (χ0) is 18.7. The van der Waals surface area contributed by atoms with Crippen molar-refractivity contribution in [3.63, 3.8) is 0 Å². The van der Waals surface area contributed by atoms with Gasteiger partial charge in [-0.2, -0.15) is 0 Å². The molecule has 2 aliphatic rings. The van der Waals surface area contributed by atoms with Crippen LogP contribution in [0.3, 0.4) is 0 Å². The van der Waals surface area contributed by atoms with E-state index in [0.717, 1.165) is 31.1 Å². The molecule has 0 bridgehead atoms. The van der Waals surface area contributed by atoms with Crippen molar-refractivity contribution in [2.75, 3.05) is 31.1 Å². The molecule has 1 amide bonds. The summed E-state index contributed by atoms with van der Waals surface area (Å²) in [6.07, 6.45) is 3.77. The molecule has 6 nitrogen and oxygen atoms in total. The lowest BCUT2D eigenvalue weighted by molar-refractivity contribution is -0.117. The third-order valence-corrected chi connectivity index (χ3v) is 6.98. The summed E-state index contributed by atoms with van der Waals surface area (Å²) < 4.78 is 27.8. The van der Waals surface area contributed by atoms with Gasteiger partial charge in [-0.15, -0.1) is 0 Å². The second-order valence-corrected chi connectivity index (χ2v) is 9.33. The number of likely N-dealkylation sites (tertiary alicyclic amines) is 1. The minimum atomic E-state index is -3.54. The standard InChI is InChI=1S/C19H29N3O3S/c1-15-9-12-21(13-10-15)16(2)14-20-26(24,25)18-7-5-17(6-8-18)22-11-3-4-19(22)23/h5-8,15-16,20H,3-4,9-14H2,1-2H3. The van der Waals surface area contributed by atoms with Crippen LogP contribution in [-0.4, -0.2) is 51.4 Å². The molecule has 2 fully saturated rings. The zero-order valence-electron chi connectivity index (χ0n) is 15.6. The predicted molar refractivity (Wildman–Crippen MR) is 103 cm³/mol. The Morgan fingerprint density at radius 1 is 1.15 bits per heavy atom. The largest absolute Gasteiger partial charge is 0.312 e. The number of hydrogen-bond donors (Lipinski definition) is 1. The predicted octanol–water partition coefficient (Wildman–Crippen LogP) is 2.21. The highest BCUT2D eigenvalue weighted by Gasteiger charge is 2.24. The van der Waals surface area contributed by atoms with Gasteiger partial charge < -0.3 is 4.90 Å². The summed E-state index contributed by atoms with van der Waals surface area (Å²) >= 11 is 0. The van der Waals surface area contributed by atoms with Crippen molar-refractivity contribution in [2.45, 2.75) is 50.5 Å². The van der Waals surface area contributed by atoms with Gasteiger partial charge in [0, 0.05) is 31.2 Å². The molecule has 1 unspecified atom stereocenters. The maximum atomic E-state index is 12.6. The van der Waals surface area contributed by atoms with E-state index < -0.39 is 10.0 Å². The van der Waals surface area contributed by atoms with Crippen molar-refractivity contribution in [3.8, 4) is 0 Å². The highest BCUT2D eigenvalue weighted by atomic mass is 32.2. The molecule has 1 aromatic carbocycles. The number of hydrogen-bond acceptors (Lipinski definition) is 4. The van der Waals surface area contributed by atoms with Gasteiger partial charge in [0.2, 0.25) is 15.9 Å². The van der Waals surface area contributed by atoms with Crippen LogP contribution in [-0.2, 0) is 14.8 Å². The Morgan fingerprint density at radius 3 is 2.38 bits per heavy atom. The third kappa shape index (κ3) is 4.45. The van der Waals surface area contributed by atoms with Gasteiger partial charge in [-0.05, 0) is 69.5 Å². The Kier molecular flexibility index (Phi) is 5.99. The fraction of sp³-hybridized carbons (Fsp3) is 0.632. The lowest BCUT2D eigenvalue weighted by Gasteiger charge is -2.34. The molecule has 1 atom stereocenters. The maximum Gasteiger partial charge on any atom is 0.240 e. The smallest absolute Gasteiger partial charge is 0.240 e. The van der Waals surface area contributed by atoms with Crippen LogP contribution in [0.15, 0.2) is 29.2 Å². The highest BCUT2D eigenvalue weighted by Crippen LogP contribution is 2.23. The average molecular weight is 380 g/mol. The molecule has 7 heteroatoms. The third-order valence-electron chi connectivity index (χ3n) is 5.54. The number of amides is 1. The number of carbonyl (C=O) groups is 1. The van der Waals surface area contributed by atoms with Crippen molar-refractivity contribution >= 4 is 21.6 Å². The summed E-state index contributed by atoms with van der Waals surface area (Å²) in [5, 5.41) is 0. The van der Waals surface area contributed by atoms with E-state index in [-0.39, 0.29) is 16.8 Å². The van der Waals surface area contributed by atoms with Gasteiger partial charge >= 0.3 is 0 Å². The van der Waals surface area contributed by atoms with Crippen LogP contribution in [0.4, 0.5) is 5.69 Å². The van der Waals surface area contributed by atoms with Gasteiger partial charge in [0.15, 0.2) is 0 Å². The zero-order valence-corrected chi connectivity index (χ0v) is 16.5. The van der Waals surface area contributed by atoms with E-state index in [1.807, 2.05) is 0 Å². The first-order valence-corrected chi connectivity index (χ1v) is 11.0. The minimum absolute atomic E-state index is 0.100. The number of rotatable bonds is 6. The highest BCUT2D eigenvalue weighted by molar-refractivity contribution is 7.89. The lowest BCUT2D eigenvalue weighted by atomic mass is 9.98. The first-order valence-electron chi connectivity index (χ1n) is 9.51. The monoisotopic (exact) mass is 379 g/mol. The normalized spacial score (nSPS) is 21.3. The second-order valence-electron chi connectivity index (χ2n) is 7.56. The Balaban J connectivity index is 1.58. The van der Waals surface area contributed by atoms with Gasteiger partial charge in [0.25, 0.3) is 0 Å². The van der Waals surface area contributed by atoms with E-state index in [1.165, 1.54) is 12.8 Å². The second kappa shape index (κ2) is 8.06. The van der Waals surface area contributed by atoms with E-state index in [0.29, 0.717) is 19.5 Å². The van der Waals surface area contributed by atoms with E-state index >= 15 is 0 Å². The van der Waals surface area contributed by atoms with E-state index in [1.54, 1.807) is 29.2 Å². The van der Waals surface area contributed by atoms with Crippen molar-refractivity contribution in [1.29, 1.82) is 0 Å². The molecular formula is C19H29N3O3S. The number of nitrogens with one attached hydrogen (secondary N) is 1. The summed E-state index contributed by atoms with van der Waals surface area (Å²) in [7, 11) is -3.54. The Labute approximate surface area is 156 Å². The quantitative estimate of drug-likeness (QED) is 0.823. The summed E-state index contributed by atoms with van der Waals surface area (Å²) in [5.74, 6) is 0.861. The van der Waals surface area contributed by atoms with Crippen molar-refractivity contribution < 1.29 is 13.2 Å². The van der Waals surface area contributed by atoms with Crippen molar-refractivity contribution in [1.82, 2.24) is 9.62 Å². The molecule has 2 saturated heterocycles. The van der Waals surface area contributed by atoms with Crippen LogP contribution in [0.2, 0.25) is 0 Å². The average Bonchev–Trinajstić information content (AvgIpc) is 3.06. The van der Waals surface area contributed by atoms with Crippen LogP contribution in [0.5, 0.6) is 0 Å². The molecule has 1 N–H and O–H groups in total. The van der Waals surface area contributed by atoms with Gasteiger partial charge in [0.1, 0.15) is 0 Å². The summed E-state index contributed by atoms with van der Waals surface area (Å²) in [6.45, 7) is 7.51. The Morgan fingerprint density at radius 2 is 1.81 bits per heavy atom. The van der Waals surface area contributed by atoms with Crippen LogP contribution >= 0.6 is 0 Å². The van der Waals surface area contributed by atoms with Crippen LogP contribution < -0.4 is 9.62 Å². The fourth-order valence-corrected chi connectivity index (χ4v) is 4.76. The molecule has 0 aromatic heterocycles. The Bertz CT molecular complexity index is 725. The number of benzene rings is 1. The van der Waals surface area contributed by atoms with Crippen molar-refractivity contribution in [3.05, 3.63) is 24.3 Å². The topological polar surface area (TPSA) is 69.7 Å². The number of nitrogens with zero attached hydrogens (tertiary/aromatic N) is 2. The van der Waals surface area contributed by atoms with Crippen LogP contribution in [0.25, 0.3) is 0 Å². The SMILES string of the molecule is CC1CCN(C(C)CNS(=O)(=O)c2ccc(N3CCCC3=O)cc2)CC1. The minimum Gasteiger partial charge on any atom is -0.312 e. The first-order chi connectivity index (χ1) is 12.4. The molecular weight excluding hydrogens is 350 g/mol. The molecule has 1 aromatic rings. The summed E-state index contributed by atoms with van der Waals surface area (Å²) in [5.41, 5.74) is 0.766. The molecule has 144 valence electrons. The molecule has 0 aliphatic carbocycles. The number of anilines is 1. The summed E-state index contributed by atoms with van der Waals surface area (Å²) in [4.78, 5) is 16.1. The van der Waals surface area contributed by atoms with Crippen molar-refractivity contribution in [2.24, 2.45) is 5.92 Å². The van der Waals surface area contributed by atoms with Crippen LogP contribution in [0, 0.1) is 5.92 Å². The van der Waals surface area contributed by atoms with E-state index in [9.17, 15) is 13.2 Å². The van der Waals surface area contributed by atoms with Gasteiger partial charge in [-0.25, -0.2) is 13.1 Å². The first kappa shape index (κ1) is 19.3. The van der Waals surface area contributed by atoms with E-state index in [2.05, 4.69) is 23.5 Å². The van der Waals surface area contributed by atoms with Gasteiger partial charge in [-0.3, -0.25) is 9.69 Å².